The van der Waals surface area contributed by atoms with Gasteiger partial charge in [0.2, 0.25) is 0 Å². The number of esters is 1. The van der Waals surface area contributed by atoms with Gasteiger partial charge in [-0.2, -0.15) is 0 Å². The number of halogens is 1. The number of ether oxygens (including phenoxy) is 1. The largest absolute Gasteiger partial charge is 0.452 e. The second-order valence-electron chi connectivity index (χ2n) is 4.79. The summed E-state index contributed by atoms with van der Waals surface area (Å²) in [7, 11) is 1.69. The van der Waals surface area contributed by atoms with Crippen LogP contribution in [0.15, 0.2) is 54.6 Å². The van der Waals surface area contributed by atoms with Crippen molar-refractivity contribution in [1.29, 1.82) is 0 Å². The third kappa shape index (κ3) is 4.56. The molecule has 22 heavy (non-hydrogen) atoms. The van der Waals surface area contributed by atoms with Gasteiger partial charge in [-0.3, -0.25) is 4.79 Å². The van der Waals surface area contributed by atoms with Gasteiger partial charge in [0.15, 0.2) is 6.61 Å². The van der Waals surface area contributed by atoms with E-state index in [9.17, 15) is 9.59 Å². The SMILES string of the molecule is CN(Cc1ccccc1)C(=O)COC(=O)c1ccccc1I. The van der Waals surface area contributed by atoms with Crippen LogP contribution in [0.4, 0.5) is 0 Å². The fourth-order valence-electron chi connectivity index (χ4n) is 1.89. The third-order valence-electron chi connectivity index (χ3n) is 3.11. The molecule has 0 aliphatic heterocycles. The molecule has 0 spiro atoms. The molecule has 0 N–H and O–H groups in total. The third-order valence-corrected chi connectivity index (χ3v) is 4.05. The van der Waals surface area contributed by atoms with Crippen LogP contribution in [0.5, 0.6) is 0 Å². The maximum atomic E-state index is 12.0. The lowest BCUT2D eigenvalue weighted by molar-refractivity contribution is -0.133. The minimum absolute atomic E-state index is 0.233. The van der Waals surface area contributed by atoms with Gasteiger partial charge in [-0.1, -0.05) is 42.5 Å². The van der Waals surface area contributed by atoms with Crippen LogP contribution < -0.4 is 0 Å². The summed E-state index contributed by atoms with van der Waals surface area (Å²) in [5.41, 5.74) is 1.50. The van der Waals surface area contributed by atoms with E-state index in [0.29, 0.717) is 12.1 Å². The topological polar surface area (TPSA) is 46.6 Å². The highest BCUT2D eigenvalue weighted by molar-refractivity contribution is 14.1. The quantitative estimate of drug-likeness (QED) is 0.563. The summed E-state index contributed by atoms with van der Waals surface area (Å²) in [4.78, 5) is 25.5. The van der Waals surface area contributed by atoms with Gasteiger partial charge in [0.05, 0.1) is 5.56 Å². The first-order valence-electron chi connectivity index (χ1n) is 6.77. The molecule has 2 aromatic rings. The Morgan fingerprint density at radius 2 is 1.68 bits per heavy atom. The Morgan fingerprint density at radius 3 is 2.36 bits per heavy atom. The van der Waals surface area contributed by atoms with E-state index >= 15 is 0 Å². The smallest absolute Gasteiger partial charge is 0.339 e. The van der Waals surface area contributed by atoms with Crippen molar-refractivity contribution in [2.75, 3.05) is 13.7 Å². The molecule has 0 heterocycles. The van der Waals surface area contributed by atoms with Crippen LogP contribution in [0.1, 0.15) is 15.9 Å². The molecule has 5 heteroatoms. The molecule has 4 nitrogen and oxygen atoms in total. The van der Waals surface area contributed by atoms with Crippen LogP contribution in [-0.2, 0) is 16.1 Å². The molecular weight excluding hydrogens is 393 g/mol. The normalized spacial score (nSPS) is 10.1. The fourth-order valence-corrected chi connectivity index (χ4v) is 2.50. The van der Waals surface area contributed by atoms with Crippen LogP contribution in [-0.4, -0.2) is 30.4 Å². The molecule has 114 valence electrons. The van der Waals surface area contributed by atoms with E-state index in [0.717, 1.165) is 9.13 Å². The Kier molecular flexibility index (Phi) is 5.94. The molecule has 2 aromatic carbocycles. The van der Waals surface area contributed by atoms with E-state index in [1.807, 2.05) is 42.5 Å². The van der Waals surface area contributed by atoms with E-state index in [-0.39, 0.29) is 12.5 Å². The predicted molar refractivity (Wildman–Crippen MR) is 92.4 cm³/mol. The molecule has 0 radical (unpaired) electrons. The number of rotatable bonds is 5. The predicted octanol–water partition coefficient (Wildman–Crippen LogP) is 3.11. The zero-order valence-corrected chi connectivity index (χ0v) is 14.3. The van der Waals surface area contributed by atoms with Crippen LogP contribution in [0, 0.1) is 3.57 Å². The van der Waals surface area contributed by atoms with Crippen molar-refractivity contribution in [3.05, 3.63) is 69.3 Å². The molecule has 0 bridgehead atoms. The molecule has 0 aromatic heterocycles. The van der Waals surface area contributed by atoms with Crippen molar-refractivity contribution in [1.82, 2.24) is 4.90 Å². The summed E-state index contributed by atoms with van der Waals surface area (Å²) in [6.07, 6.45) is 0. The first-order chi connectivity index (χ1) is 10.6. The van der Waals surface area contributed by atoms with E-state index in [1.165, 1.54) is 0 Å². The second kappa shape index (κ2) is 7.93. The molecule has 0 saturated carbocycles. The molecule has 1 amide bonds. The van der Waals surface area contributed by atoms with E-state index in [1.54, 1.807) is 24.1 Å². The molecule has 2 rings (SSSR count). The molecule has 0 aliphatic rings. The Balaban J connectivity index is 1.87. The number of benzene rings is 2. The van der Waals surface area contributed by atoms with E-state index in [4.69, 9.17) is 4.74 Å². The van der Waals surface area contributed by atoms with Crippen molar-refractivity contribution < 1.29 is 14.3 Å². The minimum atomic E-state index is -0.480. The van der Waals surface area contributed by atoms with Crippen LogP contribution in [0.25, 0.3) is 0 Å². The summed E-state index contributed by atoms with van der Waals surface area (Å²) in [6.45, 7) is 0.229. The van der Waals surface area contributed by atoms with Gasteiger partial charge in [-0.05, 0) is 40.3 Å². The van der Waals surface area contributed by atoms with Gasteiger partial charge in [0.25, 0.3) is 5.91 Å². The summed E-state index contributed by atoms with van der Waals surface area (Å²) >= 11 is 2.06. The lowest BCUT2D eigenvalue weighted by atomic mass is 10.2. The highest BCUT2D eigenvalue weighted by atomic mass is 127. The monoisotopic (exact) mass is 409 g/mol. The summed E-state index contributed by atoms with van der Waals surface area (Å²) in [5, 5.41) is 0. The molecule has 0 fully saturated rings. The molecular formula is C17H16INO3. The Labute approximate surface area is 143 Å². The number of hydrogen-bond acceptors (Lipinski definition) is 3. The molecule has 0 aliphatic carbocycles. The van der Waals surface area contributed by atoms with Gasteiger partial charge < -0.3 is 9.64 Å². The highest BCUT2D eigenvalue weighted by Crippen LogP contribution is 2.12. The van der Waals surface area contributed by atoms with E-state index in [2.05, 4.69) is 22.6 Å². The summed E-state index contributed by atoms with van der Waals surface area (Å²) in [6, 6.07) is 16.8. The zero-order chi connectivity index (χ0) is 15.9. The zero-order valence-electron chi connectivity index (χ0n) is 12.2. The first-order valence-corrected chi connectivity index (χ1v) is 7.85. The fraction of sp³-hybridized carbons (Fsp3) is 0.176. The van der Waals surface area contributed by atoms with Gasteiger partial charge in [0.1, 0.15) is 0 Å². The standard InChI is InChI=1S/C17H16INO3/c1-19(11-13-7-3-2-4-8-13)16(20)12-22-17(21)14-9-5-6-10-15(14)18/h2-10H,11-12H2,1H3. The van der Waals surface area contributed by atoms with E-state index < -0.39 is 5.97 Å². The molecule has 0 atom stereocenters. The molecule has 0 saturated heterocycles. The lowest BCUT2D eigenvalue weighted by Gasteiger charge is -2.17. The average molecular weight is 409 g/mol. The van der Waals surface area contributed by atoms with Crippen LogP contribution in [0.3, 0.4) is 0 Å². The van der Waals surface area contributed by atoms with Crippen LogP contribution >= 0.6 is 22.6 Å². The number of amides is 1. The number of carbonyl (C=O) groups is 2. The number of carbonyl (C=O) groups excluding carboxylic acids is 2. The van der Waals surface area contributed by atoms with Crippen molar-refractivity contribution in [3.8, 4) is 0 Å². The first kappa shape index (κ1) is 16.5. The van der Waals surface area contributed by atoms with Gasteiger partial charge in [-0.15, -0.1) is 0 Å². The second-order valence-corrected chi connectivity index (χ2v) is 5.95. The Bertz CT molecular complexity index is 658. The Morgan fingerprint density at radius 1 is 1.05 bits per heavy atom. The number of hydrogen-bond donors (Lipinski definition) is 0. The number of likely N-dealkylation sites (N-methyl/N-ethyl adjacent to an activating group) is 1. The maximum Gasteiger partial charge on any atom is 0.339 e. The Hall–Kier alpha value is -1.89. The van der Waals surface area contributed by atoms with Gasteiger partial charge in [0, 0.05) is 17.2 Å². The highest BCUT2D eigenvalue weighted by Gasteiger charge is 2.15. The van der Waals surface area contributed by atoms with Crippen molar-refractivity contribution in [2.24, 2.45) is 0 Å². The minimum Gasteiger partial charge on any atom is -0.452 e. The lowest BCUT2D eigenvalue weighted by Crippen LogP contribution is -2.30. The number of nitrogens with zero attached hydrogens (tertiary/aromatic N) is 1. The van der Waals surface area contributed by atoms with Crippen molar-refractivity contribution in [3.63, 3.8) is 0 Å². The maximum absolute atomic E-state index is 12.0. The average Bonchev–Trinajstić information content (AvgIpc) is 2.53. The van der Waals surface area contributed by atoms with Crippen molar-refractivity contribution >= 4 is 34.5 Å². The summed E-state index contributed by atoms with van der Waals surface area (Å²) < 4.78 is 5.90. The molecule has 0 unspecified atom stereocenters. The van der Waals surface area contributed by atoms with Crippen molar-refractivity contribution in [2.45, 2.75) is 6.54 Å². The van der Waals surface area contributed by atoms with Gasteiger partial charge in [-0.25, -0.2) is 4.79 Å². The van der Waals surface area contributed by atoms with Crippen LogP contribution in [0.2, 0.25) is 0 Å². The van der Waals surface area contributed by atoms with Gasteiger partial charge >= 0.3 is 5.97 Å². The summed E-state index contributed by atoms with van der Waals surface area (Å²) in [5.74, 6) is -0.713.